The molecule has 1 aliphatic carbocycles. The summed E-state index contributed by atoms with van der Waals surface area (Å²) in [6.45, 7) is 15.8. The lowest BCUT2D eigenvalue weighted by Crippen LogP contribution is -2.48. The number of hydrogen-bond donors (Lipinski definition) is 5. The van der Waals surface area contributed by atoms with Gasteiger partial charge in [-0.1, -0.05) is 44.2 Å². The molecule has 5 rings (SSSR count). The van der Waals surface area contributed by atoms with Crippen LogP contribution in [0.3, 0.4) is 0 Å². The number of aryl methyl sites for hydroxylation is 1. The Balaban J connectivity index is 1.22. The molecular weight excluding hydrogens is 735 g/mol. The van der Waals surface area contributed by atoms with Gasteiger partial charge in [-0.25, -0.2) is 4.79 Å². The minimum Gasteiger partial charge on any atom is -0.444 e. The van der Waals surface area contributed by atoms with Gasteiger partial charge in [0.25, 0.3) is 5.91 Å². The second-order valence-electron chi connectivity index (χ2n) is 16.0. The zero-order valence-electron chi connectivity index (χ0n) is 34.7. The molecule has 1 heterocycles. The first kappa shape index (κ1) is 43.5. The third-order valence-electron chi connectivity index (χ3n) is 10.6. The number of anilines is 1. The van der Waals surface area contributed by atoms with Crippen LogP contribution in [0.15, 0.2) is 66.7 Å². The van der Waals surface area contributed by atoms with Gasteiger partial charge < -0.3 is 30.9 Å². The lowest BCUT2D eigenvalue weighted by molar-refractivity contribution is -0.130. The first-order valence-corrected chi connectivity index (χ1v) is 20.4. The summed E-state index contributed by atoms with van der Waals surface area (Å²) in [7, 11) is 0. The molecule has 1 fully saturated rings. The van der Waals surface area contributed by atoms with Crippen molar-refractivity contribution in [3.05, 3.63) is 83.4 Å². The van der Waals surface area contributed by atoms with E-state index in [1.54, 1.807) is 24.3 Å². The fraction of sp³-hybridized carbons (Fsp3) is 0.477. The van der Waals surface area contributed by atoms with E-state index in [2.05, 4.69) is 60.6 Å². The van der Waals surface area contributed by atoms with Gasteiger partial charge in [0.1, 0.15) is 11.6 Å². The van der Waals surface area contributed by atoms with E-state index in [9.17, 15) is 19.2 Å². The number of alkyl carbamates (subject to hydrolysis) is 1. The summed E-state index contributed by atoms with van der Waals surface area (Å²) in [5, 5.41) is 26.0. The number of rotatable bonds is 17. The third-order valence-corrected chi connectivity index (χ3v) is 10.6. The van der Waals surface area contributed by atoms with Gasteiger partial charge in [-0.2, -0.15) is 5.21 Å². The number of amides is 4. The number of tetrazole rings is 1. The van der Waals surface area contributed by atoms with Gasteiger partial charge in [-0.15, -0.1) is 10.2 Å². The van der Waals surface area contributed by atoms with E-state index >= 15 is 0 Å². The van der Waals surface area contributed by atoms with Crippen molar-refractivity contribution >= 4 is 29.5 Å². The lowest BCUT2D eigenvalue weighted by atomic mass is 9.81. The Morgan fingerprint density at radius 2 is 1.59 bits per heavy atom. The first-order chi connectivity index (χ1) is 27.8. The Labute approximate surface area is 341 Å². The van der Waals surface area contributed by atoms with Crippen molar-refractivity contribution in [2.45, 2.75) is 91.7 Å². The van der Waals surface area contributed by atoms with Crippen LogP contribution in [0, 0.1) is 18.8 Å². The monoisotopic (exact) mass is 793 g/mol. The molecule has 5 N–H and O–H groups in total. The minimum absolute atomic E-state index is 0.0814. The van der Waals surface area contributed by atoms with E-state index in [1.807, 2.05) is 70.2 Å². The summed E-state index contributed by atoms with van der Waals surface area (Å²) in [4.78, 5) is 54.9. The standard InChI is InChI=1S/C44H59N9O5/c1-7-53(8-2)25-9-24-45-40(54)35-20-23-37(29(3)26-35)32-14-10-30(11-15-32)27-38(42(56)47-36-21-18-33(19-22-36)39-49-51-52-50-39)48-41(55)34-16-12-31(13-17-34)28-46-43(57)58-44(4,5)6/h10-11,14-15,18-23,26,31,34,38H,7-9,12-13,16-17,24-25,27-28H2,1-6H3,(H,45,54)(H,46,57)(H,47,56)(H,48,55)(H,49,50,51,52). The maximum Gasteiger partial charge on any atom is 0.407 e. The van der Waals surface area contributed by atoms with Crippen molar-refractivity contribution in [1.82, 2.24) is 41.5 Å². The van der Waals surface area contributed by atoms with E-state index in [0.29, 0.717) is 43.0 Å². The molecule has 1 atom stereocenters. The van der Waals surface area contributed by atoms with Crippen molar-refractivity contribution in [3.63, 3.8) is 0 Å². The largest absolute Gasteiger partial charge is 0.444 e. The second-order valence-corrected chi connectivity index (χ2v) is 16.0. The topological polar surface area (TPSA) is 183 Å². The Kier molecular flexibility index (Phi) is 15.5. The number of H-pyrrole nitrogens is 1. The molecule has 14 heteroatoms. The Morgan fingerprint density at radius 1 is 0.897 bits per heavy atom. The highest BCUT2D eigenvalue weighted by Crippen LogP contribution is 2.29. The van der Waals surface area contributed by atoms with Gasteiger partial charge in [-0.3, -0.25) is 14.4 Å². The van der Waals surface area contributed by atoms with Crippen molar-refractivity contribution in [2.75, 3.05) is 38.0 Å². The molecule has 0 spiro atoms. The maximum atomic E-state index is 13.9. The highest BCUT2D eigenvalue weighted by Gasteiger charge is 2.30. The van der Waals surface area contributed by atoms with Crippen molar-refractivity contribution in [1.29, 1.82) is 0 Å². The van der Waals surface area contributed by atoms with E-state index in [1.165, 1.54) is 0 Å². The molecule has 1 unspecified atom stereocenters. The number of nitrogens with one attached hydrogen (secondary N) is 5. The van der Waals surface area contributed by atoms with Crippen LogP contribution in [0.4, 0.5) is 10.5 Å². The maximum absolute atomic E-state index is 13.9. The van der Waals surface area contributed by atoms with Crippen LogP contribution < -0.4 is 21.3 Å². The number of carbonyl (C=O) groups excluding carboxylic acids is 4. The SMILES string of the molecule is CCN(CC)CCCNC(=O)c1ccc(-c2ccc(CC(NC(=O)C3CCC(CNC(=O)OC(C)(C)C)CC3)C(=O)Nc3ccc(-c4nn[nH]n4)cc3)cc2)c(C)c1. The minimum atomic E-state index is -0.839. The molecule has 0 bridgehead atoms. The van der Waals surface area contributed by atoms with Gasteiger partial charge in [0, 0.05) is 42.2 Å². The summed E-state index contributed by atoms with van der Waals surface area (Å²) in [5.74, 6) is -0.138. The highest BCUT2D eigenvalue weighted by molar-refractivity contribution is 5.98. The molecule has 3 aromatic carbocycles. The fourth-order valence-electron chi connectivity index (χ4n) is 7.22. The molecular formula is C44H59N9O5. The molecule has 1 aromatic heterocycles. The zero-order chi connectivity index (χ0) is 41.7. The molecule has 310 valence electrons. The van der Waals surface area contributed by atoms with E-state index < -0.39 is 17.7 Å². The summed E-state index contributed by atoms with van der Waals surface area (Å²) in [6, 6.07) is 20.0. The summed E-state index contributed by atoms with van der Waals surface area (Å²) < 4.78 is 5.36. The number of benzene rings is 3. The highest BCUT2D eigenvalue weighted by atomic mass is 16.6. The first-order valence-electron chi connectivity index (χ1n) is 20.4. The summed E-state index contributed by atoms with van der Waals surface area (Å²) in [6.07, 6.45) is 3.61. The van der Waals surface area contributed by atoms with E-state index in [0.717, 1.165) is 66.7 Å². The smallest absolute Gasteiger partial charge is 0.407 e. The molecule has 0 aliphatic heterocycles. The third kappa shape index (κ3) is 12.9. The normalized spacial score (nSPS) is 16.0. The van der Waals surface area contributed by atoms with Crippen LogP contribution >= 0.6 is 0 Å². The van der Waals surface area contributed by atoms with Crippen LogP contribution in [0.25, 0.3) is 22.5 Å². The average molecular weight is 794 g/mol. The van der Waals surface area contributed by atoms with Crippen LogP contribution in [0.1, 0.15) is 88.2 Å². The van der Waals surface area contributed by atoms with Crippen molar-refractivity contribution in [3.8, 4) is 22.5 Å². The predicted octanol–water partition coefficient (Wildman–Crippen LogP) is 6.30. The van der Waals surface area contributed by atoms with Crippen molar-refractivity contribution in [2.24, 2.45) is 11.8 Å². The molecule has 14 nitrogen and oxygen atoms in total. The number of hydrogen-bond acceptors (Lipinski definition) is 9. The molecule has 4 amide bonds. The van der Waals surface area contributed by atoms with Crippen molar-refractivity contribution < 1.29 is 23.9 Å². The van der Waals surface area contributed by atoms with Gasteiger partial charge in [0.15, 0.2) is 0 Å². The number of ether oxygens (including phenoxy) is 1. The van der Waals surface area contributed by atoms with Crippen LogP contribution in [-0.4, -0.2) is 93.7 Å². The van der Waals surface area contributed by atoms with Gasteiger partial charge in [0.2, 0.25) is 17.6 Å². The molecule has 1 aliphatic rings. The number of carbonyl (C=O) groups is 4. The van der Waals surface area contributed by atoms with Crippen LogP contribution in [-0.2, 0) is 20.7 Å². The van der Waals surface area contributed by atoms with Crippen LogP contribution in [0.2, 0.25) is 0 Å². The number of aromatic amines is 1. The lowest BCUT2D eigenvalue weighted by Gasteiger charge is -2.29. The van der Waals surface area contributed by atoms with E-state index in [4.69, 9.17) is 4.74 Å². The summed E-state index contributed by atoms with van der Waals surface area (Å²) >= 11 is 0. The van der Waals surface area contributed by atoms with Gasteiger partial charge >= 0.3 is 6.09 Å². The molecule has 1 saturated carbocycles. The van der Waals surface area contributed by atoms with Crippen LogP contribution in [0.5, 0.6) is 0 Å². The number of nitrogens with zero attached hydrogens (tertiary/aromatic N) is 4. The quantitative estimate of drug-likeness (QED) is 0.0766. The Bertz CT molecular complexity index is 1950. The van der Waals surface area contributed by atoms with E-state index in [-0.39, 0.29) is 36.0 Å². The average Bonchev–Trinajstić information content (AvgIpc) is 3.75. The zero-order valence-corrected chi connectivity index (χ0v) is 34.7. The Hall–Kier alpha value is -5.63. The van der Waals surface area contributed by atoms with Gasteiger partial charge in [0.05, 0.1) is 0 Å². The molecule has 58 heavy (non-hydrogen) atoms. The predicted molar refractivity (Wildman–Crippen MR) is 225 cm³/mol. The Morgan fingerprint density at radius 3 is 2.21 bits per heavy atom. The van der Waals surface area contributed by atoms with Gasteiger partial charge in [-0.05, 0) is 149 Å². The number of aromatic nitrogens is 4. The molecule has 0 saturated heterocycles. The summed E-state index contributed by atoms with van der Waals surface area (Å²) in [5.41, 5.74) is 5.22. The second kappa shape index (κ2) is 20.7. The fourth-order valence-corrected chi connectivity index (χ4v) is 7.22. The molecule has 4 aromatic rings. The molecule has 0 radical (unpaired) electrons.